The maximum absolute atomic E-state index is 11.9. The van der Waals surface area contributed by atoms with E-state index in [1.54, 1.807) is 13.1 Å². The first-order valence-electron chi connectivity index (χ1n) is 5.90. The molecule has 6 heteroatoms. The van der Waals surface area contributed by atoms with Gasteiger partial charge in [-0.15, -0.1) is 0 Å². The van der Waals surface area contributed by atoms with E-state index in [0.29, 0.717) is 10.9 Å². The third-order valence-electron chi connectivity index (χ3n) is 2.97. The molecule has 18 heavy (non-hydrogen) atoms. The maximum Gasteiger partial charge on any atom is 0.429 e. The molecule has 0 bridgehead atoms. The lowest BCUT2D eigenvalue weighted by Crippen LogP contribution is -2.43. The summed E-state index contributed by atoms with van der Waals surface area (Å²) in [6.07, 6.45) is 3.27. The van der Waals surface area contributed by atoms with Crippen molar-refractivity contribution in [3.05, 3.63) is 23.0 Å². The highest BCUT2D eigenvalue weighted by molar-refractivity contribution is 6.30. The van der Waals surface area contributed by atoms with Crippen LogP contribution < -0.4 is 4.74 Å². The van der Waals surface area contributed by atoms with Gasteiger partial charge in [0.2, 0.25) is 0 Å². The van der Waals surface area contributed by atoms with E-state index < -0.39 is 6.09 Å². The van der Waals surface area contributed by atoms with Crippen molar-refractivity contribution in [1.29, 1.82) is 0 Å². The lowest BCUT2D eigenvalue weighted by molar-refractivity contribution is 0.0353. The second-order valence-corrected chi connectivity index (χ2v) is 4.69. The monoisotopic (exact) mass is 269 g/mol. The van der Waals surface area contributed by atoms with Gasteiger partial charge < -0.3 is 4.74 Å². The first kappa shape index (κ1) is 13.1. The van der Waals surface area contributed by atoms with Gasteiger partial charge in [0.15, 0.2) is 5.75 Å². The number of hydrazine groups is 1. The minimum absolute atomic E-state index is 0.402. The van der Waals surface area contributed by atoms with Gasteiger partial charge in [0.05, 0.1) is 6.20 Å². The Hall–Kier alpha value is -1.33. The Morgan fingerprint density at radius 1 is 1.50 bits per heavy atom. The Bertz CT molecular complexity index is 447. The molecule has 1 aromatic heterocycles. The molecule has 5 nitrogen and oxygen atoms in total. The van der Waals surface area contributed by atoms with Crippen LogP contribution in [0.15, 0.2) is 12.3 Å². The Morgan fingerprint density at radius 3 is 2.78 bits per heavy atom. The van der Waals surface area contributed by atoms with Gasteiger partial charge in [-0.1, -0.05) is 11.6 Å². The second kappa shape index (κ2) is 5.54. The maximum atomic E-state index is 11.9. The van der Waals surface area contributed by atoms with Crippen molar-refractivity contribution in [2.45, 2.75) is 19.8 Å². The molecule has 1 aliphatic rings. The van der Waals surface area contributed by atoms with Gasteiger partial charge in [-0.05, 0) is 31.4 Å². The van der Waals surface area contributed by atoms with Crippen molar-refractivity contribution in [2.24, 2.45) is 0 Å². The zero-order valence-corrected chi connectivity index (χ0v) is 11.3. The summed E-state index contributed by atoms with van der Waals surface area (Å²) in [5, 5.41) is 3.90. The molecule has 1 fully saturated rings. The van der Waals surface area contributed by atoms with Crippen LogP contribution in [0.1, 0.15) is 18.4 Å². The van der Waals surface area contributed by atoms with Crippen molar-refractivity contribution < 1.29 is 9.53 Å². The quantitative estimate of drug-likeness (QED) is 0.774. The molecule has 0 aliphatic carbocycles. The van der Waals surface area contributed by atoms with Crippen LogP contribution in [0, 0.1) is 6.92 Å². The zero-order chi connectivity index (χ0) is 13.1. The molecular formula is C12H16ClN3O2. The molecular weight excluding hydrogens is 254 g/mol. The lowest BCUT2D eigenvalue weighted by atomic mass is 10.3. The highest BCUT2D eigenvalue weighted by Gasteiger charge is 2.22. The molecule has 1 aromatic rings. The summed E-state index contributed by atoms with van der Waals surface area (Å²) in [4.78, 5) is 15.8. The van der Waals surface area contributed by atoms with Crippen LogP contribution in [0.2, 0.25) is 5.15 Å². The summed E-state index contributed by atoms with van der Waals surface area (Å²) in [5.41, 5.74) is 0.783. The van der Waals surface area contributed by atoms with Crippen molar-refractivity contribution >= 4 is 17.7 Å². The number of hydrogen-bond donors (Lipinski definition) is 0. The summed E-state index contributed by atoms with van der Waals surface area (Å²) in [7, 11) is 1.71. The third-order valence-corrected chi connectivity index (χ3v) is 3.36. The van der Waals surface area contributed by atoms with Gasteiger partial charge in [-0.3, -0.25) is 0 Å². The fourth-order valence-corrected chi connectivity index (χ4v) is 1.97. The van der Waals surface area contributed by atoms with Crippen LogP contribution in [0.5, 0.6) is 5.75 Å². The minimum Gasteiger partial charge on any atom is -0.408 e. The second-order valence-electron chi connectivity index (χ2n) is 4.33. The van der Waals surface area contributed by atoms with Gasteiger partial charge in [-0.25, -0.2) is 19.8 Å². The molecule has 0 N–H and O–H groups in total. The van der Waals surface area contributed by atoms with Gasteiger partial charge in [0.25, 0.3) is 0 Å². The van der Waals surface area contributed by atoms with Crippen molar-refractivity contribution in [1.82, 2.24) is 15.0 Å². The smallest absolute Gasteiger partial charge is 0.408 e. The molecule has 2 rings (SSSR count). The Balaban J connectivity index is 1.99. The SMILES string of the molecule is Cc1cc(OC(=O)N(C)N2CCCC2)cnc1Cl. The molecule has 0 saturated carbocycles. The predicted octanol–water partition coefficient (Wildman–Crippen LogP) is 2.48. The fraction of sp³-hybridized carbons (Fsp3) is 0.500. The Morgan fingerprint density at radius 2 is 2.17 bits per heavy atom. The van der Waals surface area contributed by atoms with Crippen LogP contribution >= 0.6 is 11.6 Å². The highest BCUT2D eigenvalue weighted by Crippen LogP contribution is 2.19. The number of carbonyl (C=O) groups is 1. The number of carbonyl (C=O) groups excluding carboxylic acids is 1. The Kier molecular flexibility index (Phi) is 4.04. The number of hydrogen-bond acceptors (Lipinski definition) is 4. The molecule has 0 aromatic carbocycles. The first-order chi connectivity index (χ1) is 8.58. The van der Waals surface area contributed by atoms with Gasteiger partial charge in [0.1, 0.15) is 5.15 Å². The summed E-state index contributed by atoms with van der Waals surface area (Å²) < 4.78 is 5.25. The molecule has 1 amide bonds. The standard InChI is InChI=1S/C12H16ClN3O2/c1-9-7-10(8-14-11(9)13)18-12(17)15(2)16-5-3-4-6-16/h7-8H,3-6H2,1-2H3. The molecule has 98 valence electrons. The zero-order valence-electron chi connectivity index (χ0n) is 10.5. The Labute approximate surface area is 111 Å². The summed E-state index contributed by atoms with van der Waals surface area (Å²) in [5.74, 6) is 0.410. The number of ether oxygens (including phenoxy) is 1. The van der Waals surface area contributed by atoms with E-state index in [4.69, 9.17) is 16.3 Å². The van der Waals surface area contributed by atoms with Crippen molar-refractivity contribution in [3.8, 4) is 5.75 Å². The predicted molar refractivity (Wildman–Crippen MR) is 68.6 cm³/mol. The summed E-state index contributed by atoms with van der Waals surface area (Å²) in [6.45, 7) is 3.60. The van der Waals surface area contributed by atoms with E-state index in [-0.39, 0.29) is 0 Å². The fourth-order valence-electron chi connectivity index (χ4n) is 1.87. The number of halogens is 1. The highest BCUT2D eigenvalue weighted by atomic mass is 35.5. The van der Waals surface area contributed by atoms with Crippen molar-refractivity contribution in [3.63, 3.8) is 0 Å². The number of aryl methyl sites for hydroxylation is 1. The van der Waals surface area contributed by atoms with E-state index >= 15 is 0 Å². The number of nitrogens with zero attached hydrogens (tertiary/aromatic N) is 3. The van der Waals surface area contributed by atoms with Crippen LogP contribution in [0.3, 0.4) is 0 Å². The van der Waals surface area contributed by atoms with E-state index in [0.717, 1.165) is 31.5 Å². The van der Waals surface area contributed by atoms with E-state index in [1.165, 1.54) is 11.2 Å². The normalized spacial score (nSPS) is 15.7. The van der Waals surface area contributed by atoms with Gasteiger partial charge in [0, 0.05) is 20.1 Å². The molecule has 1 aliphatic heterocycles. The first-order valence-corrected chi connectivity index (χ1v) is 6.28. The molecule has 2 heterocycles. The third kappa shape index (κ3) is 2.91. The van der Waals surface area contributed by atoms with Crippen LogP contribution in [-0.4, -0.2) is 41.2 Å². The van der Waals surface area contributed by atoms with Crippen LogP contribution in [-0.2, 0) is 0 Å². The van der Waals surface area contributed by atoms with Crippen LogP contribution in [0.4, 0.5) is 4.79 Å². The number of rotatable bonds is 2. The molecule has 1 saturated heterocycles. The van der Waals surface area contributed by atoms with E-state index in [2.05, 4.69) is 4.98 Å². The van der Waals surface area contributed by atoms with Gasteiger partial charge >= 0.3 is 6.09 Å². The average molecular weight is 270 g/mol. The minimum atomic E-state index is -0.402. The van der Waals surface area contributed by atoms with Gasteiger partial charge in [-0.2, -0.15) is 0 Å². The molecule has 0 spiro atoms. The largest absolute Gasteiger partial charge is 0.429 e. The van der Waals surface area contributed by atoms with E-state index in [9.17, 15) is 4.79 Å². The average Bonchev–Trinajstić information content (AvgIpc) is 2.86. The topological polar surface area (TPSA) is 45.7 Å². The molecule has 0 unspecified atom stereocenters. The molecule has 0 atom stereocenters. The summed E-state index contributed by atoms with van der Waals surface area (Å²) >= 11 is 5.81. The summed E-state index contributed by atoms with van der Waals surface area (Å²) in [6, 6.07) is 1.70. The lowest BCUT2D eigenvalue weighted by Gasteiger charge is -2.26. The van der Waals surface area contributed by atoms with Crippen LogP contribution in [0.25, 0.3) is 0 Å². The number of amides is 1. The number of pyridine rings is 1. The van der Waals surface area contributed by atoms with Crippen molar-refractivity contribution in [2.75, 3.05) is 20.1 Å². The molecule has 0 radical (unpaired) electrons. The van der Waals surface area contributed by atoms with E-state index in [1.807, 2.05) is 11.9 Å². The number of aromatic nitrogens is 1.